The molecule has 1 fully saturated rings. The van der Waals surface area contributed by atoms with Gasteiger partial charge in [-0.05, 0) is 12.8 Å². The van der Waals surface area contributed by atoms with Crippen molar-refractivity contribution in [1.29, 1.82) is 0 Å². The Balaban J connectivity index is 2.23. The van der Waals surface area contributed by atoms with Crippen LogP contribution in [-0.4, -0.2) is 57.4 Å². The molecule has 2 heterocycles. The summed E-state index contributed by atoms with van der Waals surface area (Å²) in [5.41, 5.74) is 0. The van der Waals surface area contributed by atoms with Crippen LogP contribution in [0.3, 0.4) is 0 Å². The first-order valence-corrected chi connectivity index (χ1v) is 8.28. The smallest absolute Gasteiger partial charge is 0.313 e. The van der Waals surface area contributed by atoms with Crippen molar-refractivity contribution in [3.05, 3.63) is 0 Å². The number of ether oxygens (including phenoxy) is 1. The molecule has 2 rings (SSSR count). The minimum absolute atomic E-state index is 0.00215. The highest BCUT2D eigenvalue weighted by Crippen LogP contribution is 2.25. The average Bonchev–Trinajstić information content (AvgIpc) is 2.88. The quantitative estimate of drug-likeness (QED) is 0.763. The summed E-state index contributed by atoms with van der Waals surface area (Å²) in [5.74, 6) is -0.00684. The first-order chi connectivity index (χ1) is 10.2. The number of carboxylic acids is 1. The first kappa shape index (κ1) is 16.1. The number of aliphatic carboxylic acids is 1. The van der Waals surface area contributed by atoms with Crippen LogP contribution >= 0.6 is 11.8 Å². The zero-order chi connectivity index (χ0) is 15.2. The lowest BCUT2D eigenvalue weighted by Crippen LogP contribution is -2.46. The van der Waals surface area contributed by atoms with Gasteiger partial charge in [0.1, 0.15) is 0 Å². The maximum Gasteiger partial charge on any atom is 0.313 e. The molecule has 0 saturated carbocycles. The monoisotopic (exact) mass is 314 g/mol. The molecule has 1 atom stereocenters. The fraction of sp³-hybridized carbons (Fsp3) is 0.769. The number of anilines is 1. The largest absolute Gasteiger partial charge is 0.481 e. The molecule has 0 aliphatic carbocycles. The van der Waals surface area contributed by atoms with E-state index >= 15 is 0 Å². The molecule has 0 bridgehead atoms. The molecular weight excluding hydrogens is 292 g/mol. The van der Waals surface area contributed by atoms with E-state index in [1.807, 2.05) is 4.57 Å². The fourth-order valence-electron chi connectivity index (χ4n) is 2.40. The van der Waals surface area contributed by atoms with Crippen LogP contribution < -0.4 is 4.90 Å². The Bertz CT molecular complexity index is 480. The van der Waals surface area contributed by atoms with Crippen LogP contribution in [0.15, 0.2) is 5.16 Å². The molecule has 8 heteroatoms. The third-order valence-electron chi connectivity index (χ3n) is 3.42. The SMILES string of the molecule is CCCn1c(SCC(=O)O)nnc1N1CCOCC1CC. The molecule has 118 valence electrons. The average molecular weight is 314 g/mol. The molecule has 1 saturated heterocycles. The zero-order valence-electron chi connectivity index (χ0n) is 12.5. The minimum Gasteiger partial charge on any atom is -0.481 e. The predicted octanol–water partition coefficient (Wildman–Crippen LogP) is 1.48. The molecule has 21 heavy (non-hydrogen) atoms. The minimum atomic E-state index is -0.842. The number of hydrogen-bond acceptors (Lipinski definition) is 6. The van der Waals surface area contributed by atoms with Crippen molar-refractivity contribution in [3.8, 4) is 0 Å². The number of carboxylic acid groups (broad SMARTS) is 1. The second-order valence-corrected chi connectivity index (χ2v) is 5.89. The number of carbonyl (C=O) groups is 1. The molecule has 1 aromatic heterocycles. The lowest BCUT2D eigenvalue weighted by atomic mass is 10.2. The van der Waals surface area contributed by atoms with Gasteiger partial charge in [0.25, 0.3) is 0 Å². The first-order valence-electron chi connectivity index (χ1n) is 7.29. The van der Waals surface area contributed by atoms with E-state index in [1.54, 1.807) is 0 Å². The number of morpholine rings is 1. The van der Waals surface area contributed by atoms with Gasteiger partial charge in [-0.2, -0.15) is 0 Å². The Morgan fingerprint density at radius 3 is 2.95 bits per heavy atom. The number of nitrogens with zero attached hydrogens (tertiary/aromatic N) is 4. The maximum atomic E-state index is 10.7. The van der Waals surface area contributed by atoms with Gasteiger partial charge < -0.3 is 14.7 Å². The zero-order valence-corrected chi connectivity index (χ0v) is 13.3. The van der Waals surface area contributed by atoms with Gasteiger partial charge in [0, 0.05) is 13.1 Å². The van der Waals surface area contributed by atoms with Gasteiger partial charge in [-0.3, -0.25) is 9.36 Å². The van der Waals surface area contributed by atoms with Crippen LogP contribution in [0.5, 0.6) is 0 Å². The van der Waals surface area contributed by atoms with Crippen molar-refractivity contribution in [2.45, 2.75) is 44.4 Å². The summed E-state index contributed by atoms with van der Waals surface area (Å²) >= 11 is 1.22. The van der Waals surface area contributed by atoms with Gasteiger partial charge in [0.2, 0.25) is 5.95 Å². The molecule has 1 aromatic rings. The summed E-state index contributed by atoms with van der Waals surface area (Å²) in [6.07, 6.45) is 1.93. The van der Waals surface area contributed by atoms with Crippen molar-refractivity contribution in [2.75, 3.05) is 30.4 Å². The summed E-state index contributed by atoms with van der Waals surface area (Å²) in [6.45, 7) is 7.20. The standard InChI is InChI=1S/C13H22N4O3S/c1-3-5-17-12(14-15-13(17)21-9-11(18)19)16-6-7-20-8-10(16)4-2/h10H,3-9H2,1-2H3,(H,18,19). The van der Waals surface area contributed by atoms with E-state index in [-0.39, 0.29) is 5.75 Å². The van der Waals surface area contributed by atoms with Crippen molar-refractivity contribution in [2.24, 2.45) is 0 Å². The molecule has 1 aliphatic heterocycles. The predicted molar refractivity (Wildman–Crippen MR) is 80.9 cm³/mol. The van der Waals surface area contributed by atoms with Crippen LogP contribution in [0.25, 0.3) is 0 Å². The third-order valence-corrected chi connectivity index (χ3v) is 4.38. The number of aromatic nitrogens is 3. The molecule has 0 aromatic carbocycles. The lowest BCUT2D eigenvalue weighted by molar-refractivity contribution is -0.133. The highest BCUT2D eigenvalue weighted by atomic mass is 32.2. The van der Waals surface area contributed by atoms with Gasteiger partial charge in [-0.1, -0.05) is 25.6 Å². The normalized spacial score (nSPS) is 19.0. The highest BCUT2D eigenvalue weighted by molar-refractivity contribution is 7.99. The van der Waals surface area contributed by atoms with E-state index in [2.05, 4.69) is 28.9 Å². The fourth-order valence-corrected chi connectivity index (χ4v) is 3.08. The summed E-state index contributed by atoms with van der Waals surface area (Å²) in [5, 5.41) is 18.0. The Hall–Kier alpha value is -1.28. The van der Waals surface area contributed by atoms with Crippen molar-refractivity contribution in [1.82, 2.24) is 14.8 Å². The molecule has 1 N–H and O–H groups in total. The Labute approximate surface area is 128 Å². The molecule has 7 nitrogen and oxygen atoms in total. The number of hydrogen-bond donors (Lipinski definition) is 1. The third kappa shape index (κ3) is 3.88. The Morgan fingerprint density at radius 2 is 2.29 bits per heavy atom. The molecule has 0 radical (unpaired) electrons. The van der Waals surface area contributed by atoms with Crippen molar-refractivity contribution < 1.29 is 14.6 Å². The topological polar surface area (TPSA) is 80.5 Å². The van der Waals surface area contributed by atoms with Gasteiger partial charge in [-0.25, -0.2) is 0 Å². The summed E-state index contributed by atoms with van der Waals surface area (Å²) in [4.78, 5) is 13.0. The second-order valence-electron chi connectivity index (χ2n) is 4.95. The highest BCUT2D eigenvalue weighted by Gasteiger charge is 2.27. The van der Waals surface area contributed by atoms with E-state index < -0.39 is 5.97 Å². The van der Waals surface area contributed by atoms with E-state index in [4.69, 9.17) is 9.84 Å². The van der Waals surface area contributed by atoms with Crippen molar-refractivity contribution in [3.63, 3.8) is 0 Å². The second kappa shape index (κ2) is 7.65. The molecule has 0 spiro atoms. The molecular formula is C13H22N4O3S. The van der Waals surface area contributed by atoms with Gasteiger partial charge in [-0.15, -0.1) is 10.2 Å². The van der Waals surface area contributed by atoms with Gasteiger partial charge in [0.15, 0.2) is 5.16 Å². The van der Waals surface area contributed by atoms with E-state index in [0.717, 1.165) is 31.9 Å². The Morgan fingerprint density at radius 1 is 1.48 bits per heavy atom. The molecule has 1 unspecified atom stereocenters. The summed E-state index contributed by atoms with van der Waals surface area (Å²) in [6, 6.07) is 0.302. The van der Waals surface area contributed by atoms with Crippen LogP contribution in [0.2, 0.25) is 0 Å². The van der Waals surface area contributed by atoms with E-state index in [9.17, 15) is 4.79 Å². The van der Waals surface area contributed by atoms with Crippen LogP contribution in [0.1, 0.15) is 26.7 Å². The molecule has 0 amide bonds. The van der Waals surface area contributed by atoms with Crippen LogP contribution in [0.4, 0.5) is 5.95 Å². The van der Waals surface area contributed by atoms with Crippen LogP contribution in [-0.2, 0) is 16.1 Å². The maximum absolute atomic E-state index is 10.7. The van der Waals surface area contributed by atoms with Gasteiger partial charge in [0.05, 0.1) is 25.0 Å². The number of rotatable bonds is 7. The summed E-state index contributed by atoms with van der Waals surface area (Å²) < 4.78 is 7.56. The van der Waals surface area contributed by atoms with Gasteiger partial charge >= 0.3 is 5.97 Å². The van der Waals surface area contributed by atoms with Crippen molar-refractivity contribution >= 4 is 23.7 Å². The van der Waals surface area contributed by atoms with Crippen LogP contribution in [0, 0.1) is 0 Å². The lowest BCUT2D eigenvalue weighted by Gasteiger charge is -2.35. The number of thioether (sulfide) groups is 1. The van der Waals surface area contributed by atoms with E-state index in [1.165, 1.54) is 11.8 Å². The van der Waals surface area contributed by atoms with E-state index in [0.29, 0.717) is 24.4 Å². The summed E-state index contributed by atoms with van der Waals surface area (Å²) in [7, 11) is 0. The molecule has 1 aliphatic rings. The Kier molecular flexibility index (Phi) is 5.86.